The molecule has 0 aliphatic heterocycles. The van der Waals surface area contributed by atoms with Crippen molar-refractivity contribution in [3.63, 3.8) is 0 Å². The molecule has 0 aliphatic carbocycles. The first-order valence-electron chi connectivity index (χ1n) is 9.23. The third-order valence-corrected chi connectivity index (χ3v) is 3.70. The third-order valence-electron chi connectivity index (χ3n) is 3.70. The first-order valence-corrected chi connectivity index (χ1v) is 9.23. The first-order chi connectivity index (χ1) is 14.5. The van der Waals surface area contributed by atoms with Crippen LogP contribution in [-0.2, 0) is 16.1 Å². The molecule has 0 radical (unpaired) electrons. The molecule has 0 aromatic heterocycles. The molecule has 0 saturated carbocycles. The summed E-state index contributed by atoms with van der Waals surface area (Å²) in [6.07, 6.45) is 2.48. The number of methoxy groups -OCH3 is 2. The van der Waals surface area contributed by atoms with E-state index in [1.54, 1.807) is 20.3 Å². The van der Waals surface area contributed by atoms with Crippen molar-refractivity contribution in [3.8, 4) is 17.2 Å². The smallest absolute Gasteiger partial charge is 0.243 e. The lowest BCUT2D eigenvalue weighted by Crippen LogP contribution is -2.26. The average Bonchev–Trinajstić information content (AvgIpc) is 2.80. The molecule has 2 aromatic carbocycles. The van der Waals surface area contributed by atoms with Crippen LogP contribution in [0.25, 0.3) is 0 Å². The van der Waals surface area contributed by atoms with Crippen LogP contribution in [0.4, 0.5) is 0 Å². The Kier molecular flexibility index (Phi) is 11.6. The van der Waals surface area contributed by atoms with Gasteiger partial charge >= 0.3 is 0 Å². The Morgan fingerprint density at radius 2 is 1.53 bits per heavy atom. The minimum absolute atomic E-state index is 0.179. The van der Waals surface area contributed by atoms with Gasteiger partial charge in [-0.2, -0.15) is 0 Å². The molecule has 0 bridgehead atoms. The molecule has 160 valence electrons. The van der Waals surface area contributed by atoms with E-state index in [0.29, 0.717) is 31.2 Å². The largest absolute Gasteiger partial charge is 0.493 e. The number of hydrogen-bond donors (Lipinski definition) is 2. The van der Waals surface area contributed by atoms with Gasteiger partial charge in [-0.25, -0.2) is 0 Å². The minimum Gasteiger partial charge on any atom is -0.493 e. The van der Waals surface area contributed by atoms with Crippen molar-refractivity contribution in [2.45, 2.75) is 6.54 Å². The Balaban J connectivity index is 0.000000303. The number of hydrogen-bond acceptors (Lipinski definition) is 5. The number of benzene rings is 2. The highest BCUT2D eigenvalue weighted by atomic mass is 16.5. The molecule has 2 rings (SSSR count). The van der Waals surface area contributed by atoms with Gasteiger partial charge in [0.05, 0.1) is 20.8 Å². The molecule has 2 N–H and O–H groups in total. The molecule has 0 fully saturated rings. The van der Waals surface area contributed by atoms with Crippen LogP contribution in [0.1, 0.15) is 5.56 Å². The van der Waals surface area contributed by atoms with Crippen molar-refractivity contribution in [1.82, 2.24) is 10.6 Å². The summed E-state index contributed by atoms with van der Waals surface area (Å²) in [6, 6.07) is 15.0. The second-order valence-corrected chi connectivity index (χ2v) is 5.77. The van der Waals surface area contributed by atoms with E-state index in [2.05, 4.69) is 23.8 Å². The molecule has 0 aliphatic rings. The molecule has 2 amide bonds. The second kappa shape index (κ2) is 14.3. The van der Waals surface area contributed by atoms with Gasteiger partial charge in [-0.15, -0.1) is 0 Å². The lowest BCUT2D eigenvalue weighted by Gasteiger charge is -2.09. The maximum Gasteiger partial charge on any atom is 0.243 e. The predicted octanol–water partition coefficient (Wildman–Crippen LogP) is 2.87. The molecule has 2 aromatic rings. The summed E-state index contributed by atoms with van der Waals surface area (Å²) in [6.45, 7) is 8.11. The van der Waals surface area contributed by atoms with Gasteiger partial charge in [0.1, 0.15) is 12.4 Å². The normalized spacial score (nSPS) is 9.27. The van der Waals surface area contributed by atoms with Gasteiger partial charge in [-0.3, -0.25) is 9.59 Å². The predicted molar refractivity (Wildman–Crippen MR) is 117 cm³/mol. The monoisotopic (exact) mass is 412 g/mol. The zero-order valence-electron chi connectivity index (χ0n) is 17.4. The molecule has 0 heterocycles. The van der Waals surface area contributed by atoms with Crippen molar-refractivity contribution >= 4 is 11.8 Å². The van der Waals surface area contributed by atoms with Crippen molar-refractivity contribution in [2.24, 2.45) is 0 Å². The zero-order valence-corrected chi connectivity index (χ0v) is 17.4. The van der Waals surface area contributed by atoms with Gasteiger partial charge < -0.3 is 24.8 Å². The lowest BCUT2D eigenvalue weighted by molar-refractivity contribution is -0.117. The molecular formula is C23H28N2O5. The molecule has 0 unspecified atom stereocenters. The molecule has 7 nitrogen and oxygen atoms in total. The number of amides is 2. The molecule has 0 saturated heterocycles. The average molecular weight is 412 g/mol. The van der Waals surface area contributed by atoms with E-state index in [9.17, 15) is 9.59 Å². The second-order valence-electron chi connectivity index (χ2n) is 5.77. The van der Waals surface area contributed by atoms with E-state index >= 15 is 0 Å². The Hall–Kier alpha value is -3.74. The Bertz CT molecular complexity index is 822. The molecule has 0 atom stereocenters. The van der Waals surface area contributed by atoms with Crippen molar-refractivity contribution in [1.29, 1.82) is 0 Å². The zero-order chi connectivity index (χ0) is 22.2. The Morgan fingerprint density at radius 1 is 0.900 bits per heavy atom. The fourth-order valence-electron chi connectivity index (χ4n) is 2.18. The van der Waals surface area contributed by atoms with Crippen LogP contribution < -0.4 is 24.8 Å². The standard InChI is InChI=1S/C12H15NO3.C11H13NO2/c1-4-12(14)13-8-9-5-6-10(15-2)11(7-9)16-3;1-2-11(13)12-8-9-14-10-6-4-3-5-7-10/h4-7H,1,8H2,2-3H3,(H,13,14);2-7H,1,8-9H2,(H,12,13). The maximum atomic E-state index is 11.0. The molecule has 0 spiro atoms. The van der Waals surface area contributed by atoms with E-state index in [4.69, 9.17) is 14.2 Å². The van der Waals surface area contributed by atoms with E-state index < -0.39 is 0 Å². The summed E-state index contributed by atoms with van der Waals surface area (Å²) in [5.41, 5.74) is 0.938. The van der Waals surface area contributed by atoms with Crippen molar-refractivity contribution in [3.05, 3.63) is 79.4 Å². The van der Waals surface area contributed by atoms with Crippen molar-refractivity contribution in [2.75, 3.05) is 27.4 Å². The van der Waals surface area contributed by atoms with Crippen LogP contribution in [-0.4, -0.2) is 39.2 Å². The number of carbonyl (C=O) groups excluding carboxylic acids is 2. The van der Waals surface area contributed by atoms with E-state index in [0.717, 1.165) is 11.3 Å². The Labute approximate surface area is 177 Å². The lowest BCUT2D eigenvalue weighted by atomic mass is 10.2. The Morgan fingerprint density at radius 3 is 2.13 bits per heavy atom. The van der Waals surface area contributed by atoms with Crippen LogP contribution in [0.15, 0.2) is 73.8 Å². The highest BCUT2D eigenvalue weighted by Crippen LogP contribution is 2.27. The quantitative estimate of drug-likeness (QED) is 0.463. The number of para-hydroxylation sites is 1. The van der Waals surface area contributed by atoms with E-state index in [1.165, 1.54) is 12.2 Å². The van der Waals surface area contributed by atoms with Crippen LogP contribution in [0, 0.1) is 0 Å². The third kappa shape index (κ3) is 9.45. The summed E-state index contributed by atoms with van der Waals surface area (Å²) in [5, 5.41) is 5.30. The number of ether oxygens (including phenoxy) is 3. The highest BCUT2D eigenvalue weighted by Gasteiger charge is 2.04. The van der Waals surface area contributed by atoms with Gasteiger partial charge in [-0.05, 0) is 42.0 Å². The molecule has 7 heteroatoms. The van der Waals surface area contributed by atoms with Gasteiger partial charge in [0.2, 0.25) is 11.8 Å². The van der Waals surface area contributed by atoms with Crippen LogP contribution in [0.5, 0.6) is 17.2 Å². The SMILES string of the molecule is C=CC(=O)NCCOc1ccccc1.C=CC(=O)NCc1ccc(OC)c(OC)c1. The first kappa shape index (κ1) is 24.3. The number of nitrogens with one attached hydrogen (secondary N) is 2. The van der Waals surface area contributed by atoms with Crippen LogP contribution >= 0.6 is 0 Å². The fraction of sp³-hybridized carbons (Fsp3) is 0.217. The van der Waals surface area contributed by atoms with E-state index in [-0.39, 0.29) is 11.8 Å². The van der Waals surface area contributed by atoms with Crippen LogP contribution in [0.3, 0.4) is 0 Å². The van der Waals surface area contributed by atoms with Gasteiger partial charge in [0.15, 0.2) is 11.5 Å². The van der Waals surface area contributed by atoms with Gasteiger partial charge in [0.25, 0.3) is 0 Å². The fourth-order valence-corrected chi connectivity index (χ4v) is 2.18. The summed E-state index contributed by atoms with van der Waals surface area (Å²) in [7, 11) is 3.15. The highest BCUT2D eigenvalue weighted by molar-refractivity contribution is 5.87. The molecular weight excluding hydrogens is 384 g/mol. The molecule has 30 heavy (non-hydrogen) atoms. The maximum absolute atomic E-state index is 11.0. The summed E-state index contributed by atoms with van der Waals surface area (Å²) in [4.78, 5) is 21.7. The topological polar surface area (TPSA) is 85.9 Å². The summed E-state index contributed by atoms with van der Waals surface area (Å²) >= 11 is 0. The van der Waals surface area contributed by atoms with Gasteiger partial charge in [0, 0.05) is 6.54 Å². The summed E-state index contributed by atoms with van der Waals surface area (Å²) < 4.78 is 15.6. The summed E-state index contributed by atoms with van der Waals surface area (Å²) in [5.74, 6) is 1.74. The number of carbonyl (C=O) groups is 2. The van der Waals surface area contributed by atoms with Gasteiger partial charge in [-0.1, -0.05) is 37.4 Å². The number of rotatable bonds is 10. The minimum atomic E-state index is -0.199. The van der Waals surface area contributed by atoms with E-state index in [1.807, 2.05) is 42.5 Å². The van der Waals surface area contributed by atoms with Crippen LogP contribution in [0.2, 0.25) is 0 Å². The van der Waals surface area contributed by atoms with Crippen molar-refractivity contribution < 1.29 is 23.8 Å².